The minimum absolute atomic E-state index is 0. The van der Waals surface area contributed by atoms with Crippen molar-refractivity contribution in [3.63, 3.8) is 0 Å². The van der Waals surface area contributed by atoms with Gasteiger partial charge in [0.15, 0.2) is 17.9 Å². The zero-order valence-electron chi connectivity index (χ0n) is 55.0. The van der Waals surface area contributed by atoms with E-state index < -0.39 is 34.1 Å². The zero-order valence-corrected chi connectivity index (χ0v) is 63.6. The number of hydrogen-bond acceptors (Lipinski definition) is 6. The maximum absolute atomic E-state index is 13.0. The Balaban J connectivity index is 0.000000164. The molecule has 0 amide bonds. The van der Waals surface area contributed by atoms with E-state index in [9.17, 15) is 8.42 Å². The summed E-state index contributed by atoms with van der Waals surface area (Å²) in [6, 6.07) is 91.9. The second kappa shape index (κ2) is 30.8. The first-order chi connectivity index (χ1) is 44.3. The van der Waals surface area contributed by atoms with E-state index in [1.165, 1.54) is 53.4 Å². The van der Waals surface area contributed by atoms with Gasteiger partial charge in [-0.1, -0.05) is 234 Å². The maximum Gasteiger partial charge on any atom is 0.189 e. The first-order valence-corrected chi connectivity index (χ1v) is 42.2. The SMILES string of the molecule is CC(C)Cc1cc(-c2[c-]cc3c(c2)S(=O)(=O)c2ccccc2-3)ncc1[Si](C)(C)C.CC(C)Cc1cc(-c2[c-]cc3c(c2)[Si](c2ccccc2)(c2ccccc2)c2ccccc2-3)ncc1[Si](C)(C)C.[Ir].[Ir].[c-]1ccccc1-c1ccccn1.[c-]1ccccc1-c1ccccn1. The van der Waals surface area contributed by atoms with E-state index in [-0.39, 0.29) is 40.2 Å². The average molecular weight is 1650 g/mol. The van der Waals surface area contributed by atoms with E-state index in [4.69, 9.17) is 9.97 Å². The van der Waals surface area contributed by atoms with Gasteiger partial charge in [-0.2, -0.15) is 0 Å². The van der Waals surface area contributed by atoms with Gasteiger partial charge < -0.3 is 19.9 Å². The number of nitrogens with zero attached hydrogens (tertiary/aromatic N) is 4. The van der Waals surface area contributed by atoms with E-state index in [2.05, 4.69) is 217 Å². The summed E-state index contributed by atoms with van der Waals surface area (Å²) in [6.07, 6.45) is 9.83. The van der Waals surface area contributed by atoms with Gasteiger partial charge in [-0.15, -0.1) is 125 Å². The number of fused-ring (bicyclic) bond motifs is 6. The molecule has 4 aromatic heterocycles. The van der Waals surface area contributed by atoms with Gasteiger partial charge in [0.05, 0.1) is 21.0 Å². The van der Waals surface area contributed by atoms with Crippen LogP contribution in [0.3, 0.4) is 0 Å². The third kappa shape index (κ3) is 15.5. The van der Waals surface area contributed by atoms with Crippen molar-refractivity contribution in [3.05, 3.63) is 291 Å². The van der Waals surface area contributed by atoms with Gasteiger partial charge in [-0.05, 0) is 102 Å². The van der Waals surface area contributed by atoms with Crippen LogP contribution in [0.15, 0.2) is 265 Å². The second-order valence-electron chi connectivity index (χ2n) is 26.5. The number of sulfone groups is 1. The molecule has 6 nitrogen and oxygen atoms in total. The Hall–Kier alpha value is -7.74. The molecule has 2 aliphatic rings. The Bertz CT molecular complexity index is 4420. The summed E-state index contributed by atoms with van der Waals surface area (Å²) in [5.74, 6) is 1.14. The minimum Gasteiger partial charge on any atom is -0.305 e. The third-order valence-corrected chi connectivity index (χ3v) is 27.6. The molecule has 0 fully saturated rings. The van der Waals surface area contributed by atoms with Crippen molar-refractivity contribution < 1.29 is 48.6 Å². The zero-order chi connectivity index (χ0) is 64.6. The average Bonchev–Trinajstić information content (AvgIpc) is 1.54. The largest absolute Gasteiger partial charge is 0.305 e. The van der Waals surface area contributed by atoms with Gasteiger partial charge in [0.1, 0.15) is 0 Å². The van der Waals surface area contributed by atoms with Crippen LogP contribution in [-0.2, 0) is 62.9 Å². The van der Waals surface area contributed by atoms with Gasteiger partial charge in [0, 0.05) is 65.0 Å². The number of benzene rings is 8. The van der Waals surface area contributed by atoms with Crippen LogP contribution in [0.25, 0.3) is 67.3 Å². The number of rotatable bonds is 12. The van der Waals surface area contributed by atoms with Gasteiger partial charge in [-0.25, -0.2) is 8.42 Å². The summed E-state index contributed by atoms with van der Waals surface area (Å²) in [5.41, 5.74) is 14.6. The summed E-state index contributed by atoms with van der Waals surface area (Å²) in [5, 5.41) is 8.59. The molecule has 8 aromatic carbocycles. The number of aromatic nitrogens is 4. The molecule has 94 heavy (non-hydrogen) atoms. The van der Waals surface area contributed by atoms with E-state index >= 15 is 0 Å². The number of hydrogen-bond donors (Lipinski definition) is 0. The standard InChI is InChI=1S/C36H36NSi2.C24H26NO2SSi.2C11H8N.2Ir/c1-26(2)22-28-23-33(37-25-36(28)38(3,4)5)27-20-21-32-31-18-12-13-19-34(31)39(35(32)24-27,29-14-8-6-9-15-29)30-16-10-7-11-17-30;1-16(2)12-18-13-21(25-15-24(18)29(3,4)5)17-10-11-20-19-8-6-7-9-22(19)28(26,27)23(20)14-17;2*1-2-6-10(7-3-1)11-8-4-5-9-12-11;;/h6-19,21,23-26H,22H2,1-5H3;6-9,11,13-16H,12H2,1-5H3;2*1-6,8-9H;;/q4*-1;;. The predicted molar refractivity (Wildman–Crippen MR) is 391 cm³/mol. The van der Waals surface area contributed by atoms with Crippen LogP contribution >= 0.6 is 0 Å². The number of pyridine rings is 4. The monoisotopic (exact) mass is 1650 g/mol. The van der Waals surface area contributed by atoms with Crippen molar-refractivity contribution in [3.8, 4) is 67.3 Å². The third-order valence-electron chi connectivity index (χ3n) is 16.8. The molecule has 2 radical (unpaired) electrons. The molecule has 14 rings (SSSR count). The van der Waals surface area contributed by atoms with E-state index in [0.717, 1.165) is 69.0 Å². The van der Waals surface area contributed by atoms with Crippen LogP contribution in [0.1, 0.15) is 38.8 Å². The first kappa shape index (κ1) is 70.6. The summed E-state index contributed by atoms with van der Waals surface area (Å²) < 4.78 is 26.1. The van der Waals surface area contributed by atoms with Gasteiger partial charge >= 0.3 is 0 Å². The molecule has 0 aliphatic carbocycles. The van der Waals surface area contributed by atoms with Crippen LogP contribution in [0.5, 0.6) is 0 Å². The predicted octanol–water partition coefficient (Wildman–Crippen LogP) is 15.8. The quantitative estimate of drug-likeness (QED) is 0.0895. The van der Waals surface area contributed by atoms with Gasteiger partial charge in [-0.3, -0.25) is 0 Å². The molecular weight excluding hydrogens is 1570 g/mol. The van der Waals surface area contributed by atoms with Crippen LogP contribution in [-0.4, -0.2) is 52.6 Å². The minimum atomic E-state index is -3.50. The molecule has 0 unspecified atom stereocenters. The molecule has 0 spiro atoms. The van der Waals surface area contributed by atoms with Gasteiger partial charge in [0.2, 0.25) is 0 Å². The Kier molecular flexibility index (Phi) is 23.1. The van der Waals surface area contributed by atoms with Gasteiger partial charge in [0.25, 0.3) is 0 Å². The Morgan fingerprint density at radius 3 is 1.29 bits per heavy atom. The summed E-state index contributed by atoms with van der Waals surface area (Å²) in [6.45, 7) is 23.3. The molecular formula is C82H78Ir2N4O2SSi3-4. The molecule has 0 saturated heterocycles. The summed E-state index contributed by atoms with van der Waals surface area (Å²) in [4.78, 5) is 19.0. The van der Waals surface area contributed by atoms with Crippen LogP contribution in [0.4, 0.5) is 0 Å². The summed E-state index contributed by atoms with van der Waals surface area (Å²) >= 11 is 0. The van der Waals surface area contributed by atoms with Crippen molar-refractivity contribution in [2.24, 2.45) is 11.8 Å². The molecule has 0 saturated carbocycles. The van der Waals surface area contributed by atoms with Crippen LogP contribution in [0.2, 0.25) is 39.3 Å². The first-order valence-electron chi connectivity index (χ1n) is 31.8. The Morgan fingerprint density at radius 2 is 0.830 bits per heavy atom. The smallest absolute Gasteiger partial charge is 0.189 e. The maximum atomic E-state index is 13.0. The van der Waals surface area contributed by atoms with E-state index in [0.29, 0.717) is 21.6 Å². The normalized spacial score (nSPS) is 12.7. The van der Waals surface area contributed by atoms with Crippen molar-refractivity contribution in [1.82, 2.24) is 19.9 Å². The van der Waals surface area contributed by atoms with E-state index in [1.807, 2.05) is 103 Å². The molecule has 478 valence electrons. The molecule has 12 heteroatoms. The molecule has 0 bridgehead atoms. The van der Waals surface area contributed by atoms with Crippen LogP contribution < -0.4 is 31.1 Å². The van der Waals surface area contributed by atoms with E-state index in [1.54, 1.807) is 36.7 Å². The fourth-order valence-corrected chi connectivity index (χ4v) is 22.7. The molecule has 2 aliphatic heterocycles. The molecule has 6 heterocycles. The fraction of sp³-hybridized carbons (Fsp3) is 0.171. The topological polar surface area (TPSA) is 85.7 Å². The van der Waals surface area contributed by atoms with Crippen molar-refractivity contribution in [2.75, 3.05) is 0 Å². The molecule has 0 N–H and O–H groups in total. The summed E-state index contributed by atoms with van der Waals surface area (Å²) in [7, 11) is -9.03. The van der Waals surface area contributed by atoms with Crippen LogP contribution in [0, 0.1) is 36.1 Å². The second-order valence-corrected chi connectivity index (χ2v) is 42.2. The van der Waals surface area contributed by atoms with Crippen molar-refractivity contribution in [1.29, 1.82) is 0 Å². The van der Waals surface area contributed by atoms with Crippen molar-refractivity contribution in [2.45, 2.75) is 89.6 Å². The Labute approximate surface area is 588 Å². The Morgan fingerprint density at radius 1 is 0.394 bits per heavy atom. The molecule has 12 aromatic rings. The fourth-order valence-electron chi connectivity index (χ4n) is 12.6. The molecule has 0 atom stereocenters. The van der Waals surface area contributed by atoms with Crippen molar-refractivity contribution >= 4 is 65.2 Å².